The van der Waals surface area contributed by atoms with Crippen LogP contribution in [-0.2, 0) is 5.60 Å². The Labute approximate surface area is 106 Å². The molecule has 0 radical (unpaired) electrons. The fourth-order valence-electron chi connectivity index (χ4n) is 1.61. The zero-order valence-corrected chi connectivity index (χ0v) is 10.6. The first kappa shape index (κ1) is 13.5. The molecule has 0 heterocycles. The molecule has 4 heteroatoms. The number of hydrogen-bond acceptors (Lipinski definition) is 2. The second-order valence-electron chi connectivity index (χ2n) is 3.68. The van der Waals surface area contributed by atoms with Crippen LogP contribution < -0.4 is 5.32 Å². The van der Waals surface area contributed by atoms with Gasteiger partial charge in [0.1, 0.15) is 5.60 Å². The normalized spacial score (nSPS) is 14.5. The number of benzene rings is 1. The Hall–Kier alpha value is -0.540. The number of nitrogens with one attached hydrogen (secondary N) is 1. The molecule has 88 valence electrons. The molecule has 0 saturated heterocycles. The van der Waals surface area contributed by atoms with Crippen molar-refractivity contribution < 1.29 is 5.11 Å². The summed E-state index contributed by atoms with van der Waals surface area (Å²) in [4.78, 5) is 0. The van der Waals surface area contributed by atoms with Crippen LogP contribution in [0.1, 0.15) is 12.0 Å². The minimum absolute atomic E-state index is 0.428. The fraction of sp³-hybridized carbons (Fsp3) is 0.333. The molecule has 1 aromatic rings. The molecule has 0 saturated carbocycles. The molecule has 0 fully saturated rings. The summed E-state index contributed by atoms with van der Waals surface area (Å²) in [5.74, 6) is 0. The molecule has 1 aromatic carbocycles. The Balaban J connectivity index is 3.10. The summed E-state index contributed by atoms with van der Waals surface area (Å²) in [7, 11) is 1.78. The lowest BCUT2D eigenvalue weighted by Crippen LogP contribution is -2.36. The van der Waals surface area contributed by atoms with Crippen LogP contribution in [0.5, 0.6) is 0 Å². The van der Waals surface area contributed by atoms with E-state index >= 15 is 0 Å². The molecule has 0 amide bonds. The average molecular weight is 260 g/mol. The fourth-order valence-corrected chi connectivity index (χ4v) is 1.91. The third kappa shape index (κ3) is 2.98. The van der Waals surface area contributed by atoms with E-state index < -0.39 is 5.60 Å². The summed E-state index contributed by atoms with van der Waals surface area (Å²) in [6, 6.07) is 5.14. The molecule has 0 aliphatic heterocycles. The molecule has 0 aliphatic carbocycles. The Kier molecular flexibility index (Phi) is 4.81. The summed E-state index contributed by atoms with van der Waals surface area (Å²) < 4.78 is 0. The van der Waals surface area contributed by atoms with Gasteiger partial charge in [0.05, 0.1) is 10.0 Å². The number of hydrogen-bond donors (Lipinski definition) is 2. The van der Waals surface area contributed by atoms with Crippen LogP contribution in [-0.4, -0.2) is 18.7 Å². The van der Waals surface area contributed by atoms with Gasteiger partial charge >= 0.3 is 0 Å². The minimum atomic E-state index is -0.995. The predicted octanol–water partition coefficient (Wildman–Crippen LogP) is 2.98. The zero-order chi connectivity index (χ0) is 12.2. The van der Waals surface area contributed by atoms with Gasteiger partial charge in [-0.15, -0.1) is 6.58 Å². The first-order valence-corrected chi connectivity index (χ1v) is 5.72. The zero-order valence-electron chi connectivity index (χ0n) is 9.13. The van der Waals surface area contributed by atoms with Crippen molar-refractivity contribution in [1.29, 1.82) is 0 Å². The van der Waals surface area contributed by atoms with E-state index in [0.29, 0.717) is 23.0 Å². The van der Waals surface area contributed by atoms with E-state index in [9.17, 15) is 5.11 Å². The van der Waals surface area contributed by atoms with E-state index in [4.69, 9.17) is 23.2 Å². The number of halogens is 2. The third-order valence-electron chi connectivity index (χ3n) is 2.41. The van der Waals surface area contributed by atoms with Crippen molar-refractivity contribution in [3.63, 3.8) is 0 Å². The highest BCUT2D eigenvalue weighted by Gasteiger charge is 2.27. The highest BCUT2D eigenvalue weighted by atomic mass is 35.5. The topological polar surface area (TPSA) is 32.3 Å². The largest absolute Gasteiger partial charge is 0.384 e. The first-order chi connectivity index (χ1) is 7.53. The van der Waals surface area contributed by atoms with Crippen LogP contribution >= 0.6 is 23.2 Å². The van der Waals surface area contributed by atoms with E-state index in [0.717, 1.165) is 5.56 Å². The van der Waals surface area contributed by atoms with Crippen LogP contribution in [0.2, 0.25) is 10.0 Å². The van der Waals surface area contributed by atoms with E-state index in [1.807, 2.05) is 0 Å². The van der Waals surface area contributed by atoms with Crippen LogP contribution in [0.25, 0.3) is 0 Å². The molecule has 0 aromatic heterocycles. The molecule has 2 nitrogen and oxygen atoms in total. The second-order valence-corrected chi connectivity index (χ2v) is 4.50. The predicted molar refractivity (Wildman–Crippen MR) is 69.1 cm³/mol. The first-order valence-electron chi connectivity index (χ1n) is 4.97. The van der Waals surface area contributed by atoms with Gasteiger partial charge in [0.25, 0.3) is 0 Å². The Morgan fingerprint density at radius 1 is 1.44 bits per heavy atom. The van der Waals surface area contributed by atoms with E-state index in [-0.39, 0.29) is 0 Å². The van der Waals surface area contributed by atoms with Crippen molar-refractivity contribution >= 4 is 23.2 Å². The lowest BCUT2D eigenvalue weighted by molar-refractivity contribution is 0.0419. The SMILES string of the molecule is C=CCC(O)(CNC)c1ccc(Cl)c(Cl)c1. The number of aliphatic hydroxyl groups is 1. The van der Waals surface area contributed by atoms with Crippen molar-refractivity contribution in [2.75, 3.05) is 13.6 Å². The molecule has 1 rings (SSSR count). The lowest BCUT2D eigenvalue weighted by atomic mass is 9.90. The maximum atomic E-state index is 10.5. The molecule has 16 heavy (non-hydrogen) atoms. The van der Waals surface area contributed by atoms with Crippen molar-refractivity contribution in [3.8, 4) is 0 Å². The standard InChI is InChI=1S/C12H15Cl2NO/c1-3-6-12(16,8-15-2)9-4-5-10(13)11(14)7-9/h3-5,7,15-16H,1,6,8H2,2H3. The van der Waals surface area contributed by atoms with Gasteiger partial charge in [-0.25, -0.2) is 0 Å². The van der Waals surface area contributed by atoms with Crippen LogP contribution in [0, 0.1) is 0 Å². The molecule has 0 spiro atoms. The van der Waals surface area contributed by atoms with Crippen LogP contribution in [0.3, 0.4) is 0 Å². The maximum absolute atomic E-state index is 10.5. The van der Waals surface area contributed by atoms with Gasteiger partial charge < -0.3 is 10.4 Å². The number of rotatable bonds is 5. The smallest absolute Gasteiger partial charge is 0.105 e. The van der Waals surface area contributed by atoms with Gasteiger partial charge in [0, 0.05) is 6.54 Å². The van der Waals surface area contributed by atoms with E-state index in [2.05, 4.69) is 11.9 Å². The van der Waals surface area contributed by atoms with Gasteiger partial charge in [-0.3, -0.25) is 0 Å². The molecular formula is C12H15Cl2NO. The summed E-state index contributed by atoms with van der Waals surface area (Å²) in [5.41, 5.74) is -0.263. The Morgan fingerprint density at radius 2 is 2.12 bits per heavy atom. The molecule has 1 unspecified atom stereocenters. The van der Waals surface area contributed by atoms with Crippen molar-refractivity contribution in [3.05, 3.63) is 46.5 Å². The average Bonchev–Trinajstić information content (AvgIpc) is 2.22. The Morgan fingerprint density at radius 3 is 2.62 bits per heavy atom. The lowest BCUT2D eigenvalue weighted by Gasteiger charge is -2.27. The van der Waals surface area contributed by atoms with Crippen LogP contribution in [0.15, 0.2) is 30.9 Å². The quantitative estimate of drug-likeness (QED) is 0.798. The Bertz CT molecular complexity index is 381. The molecular weight excluding hydrogens is 245 g/mol. The van der Waals surface area contributed by atoms with Gasteiger partial charge in [-0.1, -0.05) is 35.3 Å². The monoisotopic (exact) mass is 259 g/mol. The van der Waals surface area contributed by atoms with E-state index in [1.165, 1.54) is 0 Å². The summed E-state index contributed by atoms with van der Waals surface area (Å²) in [6.45, 7) is 4.07. The van der Waals surface area contributed by atoms with Crippen molar-refractivity contribution in [2.24, 2.45) is 0 Å². The third-order valence-corrected chi connectivity index (χ3v) is 3.15. The minimum Gasteiger partial charge on any atom is -0.384 e. The van der Waals surface area contributed by atoms with Gasteiger partial charge in [-0.05, 0) is 31.2 Å². The number of likely N-dealkylation sites (N-methyl/N-ethyl adjacent to an activating group) is 1. The summed E-state index contributed by atoms with van der Waals surface area (Å²) in [6.07, 6.45) is 2.13. The van der Waals surface area contributed by atoms with Gasteiger partial charge in [-0.2, -0.15) is 0 Å². The molecule has 2 N–H and O–H groups in total. The molecule has 0 aliphatic rings. The maximum Gasteiger partial charge on any atom is 0.105 e. The van der Waals surface area contributed by atoms with E-state index in [1.54, 1.807) is 31.3 Å². The van der Waals surface area contributed by atoms with Crippen LogP contribution in [0.4, 0.5) is 0 Å². The molecule has 1 atom stereocenters. The summed E-state index contributed by atoms with van der Waals surface area (Å²) >= 11 is 11.8. The highest BCUT2D eigenvalue weighted by Crippen LogP contribution is 2.30. The second kappa shape index (κ2) is 5.69. The van der Waals surface area contributed by atoms with Gasteiger partial charge in [0.15, 0.2) is 0 Å². The van der Waals surface area contributed by atoms with Gasteiger partial charge in [0.2, 0.25) is 0 Å². The highest BCUT2D eigenvalue weighted by molar-refractivity contribution is 6.42. The van der Waals surface area contributed by atoms with Crippen molar-refractivity contribution in [2.45, 2.75) is 12.0 Å². The van der Waals surface area contributed by atoms with Crippen molar-refractivity contribution in [1.82, 2.24) is 5.32 Å². The summed E-state index contributed by atoms with van der Waals surface area (Å²) in [5, 5.41) is 14.3. The molecule has 0 bridgehead atoms.